The van der Waals surface area contributed by atoms with E-state index in [4.69, 9.17) is 0 Å². The smallest absolute Gasteiger partial charge is 0.0275 e. The molecule has 1 unspecified atom stereocenters. The second-order valence-electron chi connectivity index (χ2n) is 8.85. The molecule has 0 bridgehead atoms. The lowest BCUT2D eigenvalue weighted by molar-refractivity contribution is -0.0155. The lowest BCUT2D eigenvalue weighted by Crippen LogP contribution is -2.43. The molecular formula is C18H38. The molecule has 0 aliphatic heterocycles. The molecule has 0 aromatic carbocycles. The fourth-order valence-corrected chi connectivity index (χ4v) is 2.66. The Bertz CT molecular complexity index is 253. The Morgan fingerprint density at radius 2 is 1.00 bits per heavy atom. The molecule has 0 radical (unpaired) electrons. The summed E-state index contributed by atoms with van der Waals surface area (Å²) in [5.41, 5.74) is 1.18. The van der Waals surface area contributed by atoms with E-state index in [1.807, 2.05) is 0 Å². The predicted molar refractivity (Wildman–Crippen MR) is 84.8 cm³/mol. The van der Waals surface area contributed by atoms with Gasteiger partial charge in [-0.2, -0.15) is 0 Å². The van der Waals surface area contributed by atoms with Crippen molar-refractivity contribution in [2.75, 3.05) is 0 Å². The van der Waals surface area contributed by atoms with Crippen molar-refractivity contribution in [1.29, 1.82) is 0 Å². The summed E-state index contributed by atoms with van der Waals surface area (Å²) in [6.45, 7) is 26.5. The molecule has 0 aliphatic carbocycles. The van der Waals surface area contributed by atoms with E-state index in [0.717, 1.165) is 17.8 Å². The molecule has 0 N–H and O–H groups in total. The highest BCUT2D eigenvalue weighted by atomic mass is 14.5. The molecule has 0 heterocycles. The zero-order chi connectivity index (χ0) is 14.9. The number of rotatable bonds is 6. The molecule has 0 fully saturated rings. The van der Waals surface area contributed by atoms with E-state index >= 15 is 0 Å². The van der Waals surface area contributed by atoms with Crippen LogP contribution in [0.3, 0.4) is 0 Å². The van der Waals surface area contributed by atoms with Crippen molar-refractivity contribution in [1.82, 2.24) is 0 Å². The van der Waals surface area contributed by atoms with Gasteiger partial charge in [0, 0.05) is 0 Å². The molecule has 110 valence electrons. The van der Waals surface area contributed by atoms with Gasteiger partial charge < -0.3 is 0 Å². The summed E-state index contributed by atoms with van der Waals surface area (Å²) in [5, 5.41) is 0. The fourth-order valence-electron chi connectivity index (χ4n) is 2.66. The first-order valence-electron chi connectivity index (χ1n) is 7.76. The van der Waals surface area contributed by atoms with Crippen molar-refractivity contribution in [2.45, 2.75) is 82.6 Å². The minimum Gasteiger partial charge on any atom is -0.0623 e. The summed E-state index contributed by atoms with van der Waals surface area (Å²) in [6.07, 6.45) is 1.31. The Kier molecular flexibility index (Phi) is 5.55. The van der Waals surface area contributed by atoms with Gasteiger partial charge in [0.05, 0.1) is 0 Å². The lowest BCUT2D eigenvalue weighted by atomic mass is 9.54. The van der Waals surface area contributed by atoms with E-state index in [9.17, 15) is 0 Å². The van der Waals surface area contributed by atoms with Gasteiger partial charge in [-0.05, 0) is 40.4 Å². The third kappa shape index (κ3) is 3.52. The molecule has 0 aromatic rings. The van der Waals surface area contributed by atoms with E-state index in [0.29, 0.717) is 16.2 Å². The predicted octanol–water partition coefficient (Wildman–Crippen LogP) is 6.40. The zero-order valence-electron chi connectivity index (χ0n) is 14.9. The van der Waals surface area contributed by atoms with Crippen LogP contribution in [0.15, 0.2) is 0 Å². The topological polar surface area (TPSA) is 0 Å². The molecule has 0 spiro atoms. The molecule has 0 nitrogen and oxygen atoms in total. The Morgan fingerprint density at radius 1 is 0.611 bits per heavy atom. The molecular weight excluding hydrogens is 216 g/mol. The summed E-state index contributed by atoms with van der Waals surface area (Å²) in [4.78, 5) is 0. The molecule has 0 amide bonds. The SMILES string of the molecule is CC(C)C(C)(C)CC(C)C(C)(C)C(C)(C)C(C)C. The van der Waals surface area contributed by atoms with Gasteiger partial charge in [-0.25, -0.2) is 0 Å². The van der Waals surface area contributed by atoms with Gasteiger partial charge in [-0.1, -0.05) is 76.2 Å². The van der Waals surface area contributed by atoms with Crippen LogP contribution in [-0.4, -0.2) is 0 Å². The van der Waals surface area contributed by atoms with Crippen molar-refractivity contribution in [3.63, 3.8) is 0 Å². The highest BCUT2D eigenvalue weighted by Crippen LogP contribution is 2.52. The third-order valence-electron chi connectivity index (χ3n) is 6.73. The van der Waals surface area contributed by atoms with Crippen LogP contribution in [0.2, 0.25) is 0 Å². The maximum absolute atomic E-state index is 2.47. The van der Waals surface area contributed by atoms with Gasteiger partial charge in [0.25, 0.3) is 0 Å². The summed E-state index contributed by atoms with van der Waals surface area (Å²) in [5.74, 6) is 2.21. The minimum absolute atomic E-state index is 0.368. The maximum atomic E-state index is 2.47. The lowest BCUT2D eigenvalue weighted by Gasteiger charge is -2.51. The molecule has 0 aliphatic rings. The van der Waals surface area contributed by atoms with Gasteiger partial charge in [0.2, 0.25) is 0 Å². The minimum atomic E-state index is 0.368. The number of hydrogen-bond acceptors (Lipinski definition) is 0. The van der Waals surface area contributed by atoms with Crippen molar-refractivity contribution in [3.8, 4) is 0 Å². The molecule has 18 heavy (non-hydrogen) atoms. The van der Waals surface area contributed by atoms with Crippen LogP contribution in [0, 0.1) is 34.0 Å². The summed E-state index contributed by atoms with van der Waals surface area (Å²) in [6, 6.07) is 0. The van der Waals surface area contributed by atoms with E-state index in [1.54, 1.807) is 0 Å². The second-order valence-corrected chi connectivity index (χ2v) is 8.85. The van der Waals surface area contributed by atoms with Crippen molar-refractivity contribution < 1.29 is 0 Å². The van der Waals surface area contributed by atoms with E-state index < -0.39 is 0 Å². The molecule has 1 atom stereocenters. The molecule has 0 heteroatoms. The van der Waals surface area contributed by atoms with E-state index in [2.05, 4.69) is 76.2 Å². The van der Waals surface area contributed by atoms with Crippen LogP contribution in [0.25, 0.3) is 0 Å². The van der Waals surface area contributed by atoms with Gasteiger partial charge in [-0.15, -0.1) is 0 Å². The largest absolute Gasteiger partial charge is 0.0623 e. The molecule has 0 rings (SSSR count). The Labute approximate surface area is 117 Å². The molecule has 0 saturated carbocycles. The average Bonchev–Trinajstić information content (AvgIpc) is 2.15. The maximum Gasteiger partial charge on any atom is -0.0275 e. The Morgan fingerprint density at radius 3 is 1.28 bits per heavy atom. The van der Waals surface area contributed by atoms with Crippen LogP contribution in [0.5, 0.6) is 0 Å². The van der Waals surface area contributed by atoms with Gasteiger partial charge in [0.1, 0.15) is 0 Å². The van der Waals surface area contributed by atoms with Crippen molar-refractivity contribution >= 4 is 0 Å². The van der Waals surface area contributed by atoms with Crippen LogP contribution in [-0.2, 0) is 0 Å². The normalized spacial score (nSPS) is 16.5. The quantitative estimate of drug-likeness (QED) is 0.514. The third-order valence-corrected chi connectivity index (χ3v) is 6.73. The monoisotopic (exact) mass is 254 g/mol. The second kappa shape index (κ2) is 5.55. The van der Waals surface area contributed by atoms with Gasteiger partial charge >= 0.3 is 0 Å². The van der Waals surface area contributed by atoms with E-state index in [1.165, 1.54) is 6.42 Å². The first-order valence-corrected chi connectivity index (χ1v) is 7.76. The Balaban J connectivity index is 5.04. The zero-order valence-corrected chi connectivity index (χ0v) is 14.9. The summed E-state index contributed by atoms with van der Waals surface area (Å²) in [7, 11) is 0. The average molecular weight is 255 g/mol. The van der Waals surface area contributed by atoms with Crippen LogP contribution in [0.1, 0.15) is 82.6 Å². The van der Waals surface area contributed by atoms with Gasteiger partial charge in [0.15, 0.2) is 0 Å². The standard InChI is InChI=1S/C18H38/c1-13(2)16(6,7)12-15(5)18(10,11)17(8,9)14(3)4/h13-15H,12H2,1-11H3. The van der Waals surface area contributed by atoms with Crippen LogP contribution < -0.4 is 0 Å². The van der Waals surface area contributed by atoms with Crippen LogP contribution >= 0.6 is 0 Å². The fraction of sp³-hybridized carbons (Fsp3) is 1.00. The first-order chi connectivity index (χ1) is 7.76. The summed E-state index contributed by atoms with van der Waals surface area (Å²) >= 11 is 0. The van der Waals surface area contributed by atoms with E-state index in [-0.39, 0.29) is 0 Å². The number of hydrogen-bond donors (Lipinski definition) is 0. The van der Waals surface area contributed by atoms with Crippen molar-refractivity contribution in [2.24, 2.45) is 34.0 Å². The van der Waals surface area contributed by atoms with Crippen LogP contribution in [0.4, 0.5) is 0 Å². The first kappa shape index (κ1) is 18.0. The Hall–Kier alpha value is 0. The molecule has 0 saturated heterocycles. The van der Waals surface area contributed by atoms with Crippen molar-refractivity contribution in [3.05, 3.63) is 0 Å². The van der Waals surface area contributed by atoms with Gasteiger partial charge in [-0.3, -0.25) is 0 Å². The molecule has 0 aromatic heterocycles. The summed E-state index contributed by atoms with van der Waals surface area (Å²) < 4.78 is 0. The highest BCUT2D eigenvalue weighted by molar-refractivity contribution is 4.93. The highest BCUT2D eigenvalue weighted by Gasteiger charge is 2.44.